The summed E-state index contributed by atoms with van der Waals surface area (Å²) < 4.78 is 27.1. The first-order valence-corrected chi connectivity index (χ1v) is 16.4. The van der Waals surface area contributed by atoms with Crippen LogP contribution in [0.25, 0.3) is 11.2 Å². The molecule has 240 valence electrons. The molecule has 2 saturated heterocycles. The first kappa shape index (κ1) is 29.6. The van der Waals surface area contributed by atoms with Gasteiger partial charge in [0.15, 0.2) is 22.6 Å². The van der Waals surface area contributed by atoms with Crippen LogP contribution in [0.15, 0.2) is 48.7 Å². The van der Waals surface area contributed by atoms with Crippen LogP contribution in [0, 0.1) is 5.92 Å². The Balaban J connectivity index is 1.04. The van der Waals surface area contributed by atoms with E-state index in [0.717, 1.165) is 68.9 Å². The van der Waals surface area contributed by atoms with Gasteiger partial charge in [0.2, 0.25) is 0 Å². The lowest BCUT2D eigenvalue weighted by Gasteiger charge is -2.44. The molecule has 3 aromatic heterocycles. The molecular weight excluding hydrogens is 610 g/mol. The molecule has 1 aromatic carbocycles. The molecule has 3 atom stereocenters. The zero-order valence-corrected chi connectivity index (χ0v) is 26.4. The molecule has 0 radical (unpaired) electrons. The summed E-state index contributed by atoms with van der Waals surface area (Å²) in [6.07, 6.45) is 6.33. The van der Waals surface area contributed by atoms with E-state index in [1.807, 2.05) is 35.8 Å². The number of nitrogens with zero attached hydrogens (tertiary/aromatic N) is 5. The number of imidazole rings is 1. The van der Waals surface area contributed by atoms with E-state index in [1.54, 1.807) is 12.3 Å². The third-order valence-corrected chi connectivity index (χ3v) is 9.69. The van der Waals surface area contributed by atoms with E-state index in [0.29, 0.717) is 40.7 Å². The molecule has 2 unspecified atom stereocenters. The van der Waals surface area contributed by atoms with E-state index in [2.05, 4.69) is 20.9 Å². The lowest BCUT2D eigenvalue weighted by atomic mass is 9.86. The number of fused-ring (bicyclic) bond motifs is 2. The van der Waals surface area contributed by atoms with Gasteiger partial charge in [-0.25, -0.2) is 14.8 Å². The van der Waals surface area contributed by atoms with Gasteiger partial charge in [-0.05, 0) is 69.3 Å². The van der Waals surface area contributed by atoms with E-state index >= 15 is 0 Å². The van der Waals surface area contributed by atoms with Gasteiger partial charge in [0.1, 0.15) is 17.3 Å². The number of pyridine rings is 2. The van der Waals surface area contributed by atoms with Gasteiger partial charge < -0.3 is 28.6 Å². The van der Waals surface area contributed by atoms with Crippen molar-refractivity contribution in [3.63, 3.8) is 0 Å². The molecule has 4 aromatic rings. The minimum atomic E-state index is -1.08. The fraction of sp³-hybridized carbons (Fsp3) is 0.471. The maximum atomic E-state index is 12.0. The number of piperidine rings is 1. The Kier molecular flexibility index (Phi) is 7.59. The number of carboxylic acids is 1. The number of para-hydroxylation sites is 1. The summed E-state index contributed by atoms with van der Waals surface area (Å²) in [7, 11) is 0. The van der Waals surface area contributed by atoms with Crippen molar-refractivity contribution >= 4 is 28.7 Å². The van der Waals surface area contributed by atoms with Crippen LogP contribution in [-0.2, 0) is 28.4 Å². The monoisotopic (exact) mass is 645 g/mol. The van der Waals surface area contributed by atoms with E-state index in [-0.39, 0.29) is 29.9 Å². The summed E-state index contributed by atoms with van der Waals surface area (Å²) in [6, 6.07) is 13.3. The fourth-order valence-corrected chi connectivity index (χ4v) is 6.80. The summed E-state index contributed by atoms with van der Waals surface area (Å²) in [5, 5.41) is 10.4. The zero-order chi connectivity index (χ0) is 31.4. The molecule has 0 bridgehead atoms. The van der Waals surface area contributed by atoms with E-state index in [4.69, 9.17) is 35.5 Å². The van der Waals surface area contributed by atoms with Crippen LogP contribution in [0.5, 0.6) is 11.5 Å². The second-order valence-electron chi connectivity index (χ2n) is 12.8. The Morgan fingerprint density at radius 2 is 1.91 bits per heavy atom. The maximum absolute atomic E-state index is 12.0. The summed E-state index contributed by atoms with van der Waals surface area (Å²) in [5.74, 6) is 0.286. The third-order valence-electron chi connectivity index (χ3n) is 9.46. The van der Waals surface area contributed by atoms with Crippen LogP contribution in [-0.4, -0.2) is 67.4 Å². The largest absolute Gasteiger partial charge is 0.488 e. The number of hydrogen-bond donors (Lipinski definition) is 1. The van der Waals surface area contributed by atoms with Crippen molar-refractivity contribution in [2.75, 3.05) is 19.7 Å². The number of halogens is 1. The summed E-state index contributed by atoms with van der Waals surface area (Å²) in [5.41, 5.74) is 2.84. The molecule has 46 heavy (non-hydrogen) atoms. The third kappa shape index (κ3) is 5.70. The molecule has 4 aliphatic rings. The summed E-state index contributed by atoms with van der Waals surface area (Å²) in [4.78, 5) is 28.5. The molecule has 6 heterocycles. The van der Waals surface area contributed by atoms with Crippen LogP contribution in [0.2, 0.25) is 5.02 Å². The normalized spacial score (nSPS) is 25.1. The Bertz CT molecular complexity index is 1770. The molecule has 11 nitrogen and oxygen atoms in total. The number of aromatic carboxylic acids is 1. The second kappa shape index (κ2) is 11.8. The Morgan fingerprint density at radius 3 is 2.61 bits per heavy atom. The van der Waals surface area contributed by atoms with Crippen molar-refractivity contribution in [3.05, 3.63) is 76.5 Å². The van der Waals surface area contributed by atoms with Crippen LogP contribution in [0.4, 0.5) is 0 Å². The quantitative estimate of drug-likeness (QED) is 0.241. The first-order chi connectivity index (χ1) is 22.3. The Morgan fingerprint density at radius 1 is 1.11 bits per heavy atom. The molecule has 0 spiro atoms. The molecule has 1 aliphatic carbocycles. The predicted molar refractivity (Wildman–Crippen MR) is 168 cm³/mol. The lowest BCUT2D eigenvalue weighted by molar-refractivity contribution is -0.244. The first-order valence-electron chi connectivity index (χ1n) is 16.0. The van der Waals surface area contributed by atoms with Gasteiger partial charge in [0.25, 0.3) is 5.79 Å². The van der Waals surface area contributed by atoms with Crippen LogP contribution < -0.4 is 9.47 Å². The van der Waals surface area contributed by atoms with Crippen molar-refractivity contribution in [2.45, 2.75) is 76.2 Å². The van der Waals surface area contributed by atoms with Crippen molar-refractivity contribution in [1.82, 2.24) is 24.4 Å². The number of carbonyl (C=O) groups is 1. The highest BCUT2D eigenvalue weighted by atomic mass is 35.5. The second-order valence-corrected chi connectivity index (χ2v) is 13.3. The number of likely N-dealkylation sites (tertiary alicyclic amines) is 1. The van der Waals surface area contributed by atoms with Crippen molar-refractivity contribution in [3.8, 4) is 11.5 Å². The van der Waals surface area contributed by atoms with Crippen molar-refractivity contribution in [1.29, 1.82) is 0 Å². The number of ether oxygens (including phenoxy) is 4. The number of aromatic nitrogens is 4. The fourth-order valence-electron chi connectivity index (χ4n) is 6.69. The van der Waals surface area contributed by atoms with Gasteiger partial charge in [-0.3, -0.25) is 9.88 Å². The molecule has 12 heteroatoms. The zero-order valence-electron chi connectivity index (χ0n) is 25.6. The van der Waals surface area contributed by atoms with Crippen molar-refractivity contribution < 1.29 is 28.8 Å². The van der Waals surface area contributed by atoms with Crippen LogP contribution >= 0.6 is 11.6 Å². The molecular formula is C34H36ClN5O6. The molecule has 3 aliphatic heterocycles. The van der Waals surface area contributed by atoms with Gasteiger partial charge >= 0.3 is 5.97 Å². The highest BCUT2D eigenvalue weighted by molar-refractivity contribution is 6.30. The van der Waals surface area contributed by atoms with E-state index in [1.165, 1.54) is 6.07 Å². The smallest absolute Gasteiger partial charge is 0.354 e. The van der Waals surface area contributed by atoms with Gasteiger partial charge in [0.05, 0.1) is 36.4 Å². The van der Waals surface area contributed by atoms with E-state index in [9.17, 15) is 9.90 Å². The minimum absolute atomic E-state index is 0.0382. The van der Waals surface area contributed by atoms with Crippen LogP contribution in [0.1, 0.15) is 72.7 Å². The predicted octanol–water partition coefficient (Wildman–Crippen LogP) is 5.74. The number of benzene rings is 1. The Labute approximate surface area is 271 Å². The highest BCUT2D eigenvalue weighted by Crippen LogP contribution is 2.48. The number of rotatable bonds is 9. The average molecular weight is 646 g/mol. The standard InChI is InChI=1S/C34H36ClN5O6/c1-34(28-9-6-21(35)17-36-28)45-26-5-3-2-4-24(26)31(46-34)20-10-13-39(14-11-20)19-29-38-30-27(44-22-7-8-22)16-25(33(41)42)37-32(30)40(29)18-23-12-15-43-23/h2-6,9,16-17,20,22-23,31H,7-8,10-15,18-19H2,1H3,(H,41,42)/t23-,31?,34?/m0/s1. The molecule has 1 saturated carbocycles. The minimum Gasteiger partial charge on any atom is -0.488 e. The summed E-state index contributed by atoms with van der Waals surface area (Å²) >= 11 is 6.12. The van der Waals surface area contributed by atoms with Gasteiger partial charge in [-0.15, -0.1) is 0 Å². The maximum Gasteiger partial charge on any atom is 0.354 e. The Hall–Kier alpha value is -3.77. The SMILES string of the molecule is CC1(c2ccc(Cl)cn2)Oc2ccccc2C(C2CCN(Cc3nc4c(OC5CC5)cc(C(=O)O)nc4n3C[C@@H]3CCO3)CC2)O1. The molecule has 1 N–H and O–H groups in total. The van der Waals surface area contributed by atoms with Gasteiger partial charge in [0, 0.05) is 31.4 Å². The van der Waals surface area contributed by atoms with Gasteiger partial charge in [-0.1, -0.05) is 29.8 Å². The average Bonchev–Trinajstić information content (AvgIpc) is 3.78. The van der Waals surface area contributed by atoms with Gasteiger partial charge in [-0.2, -0.15) is 0 Å². The molecule has 0 amide bonds. The molecule has 8 rings (SSSR count). The topological polar surface area (TPSA) is 121 Å². The number of hydrogen-bond acceptors (Lipinski definition) is 9. The summed E-state index contributed by atoms with van der Waals surface area (Å²) in [6.45, 7) is 5.54. The van der Waals surface area contributed by atoms with Crippen LogP contribution in [0.3, 0.4) is 0 Å². The van der Waals surface area contributed by atoms with Crippen molar-refractivity contribution in [2.24, 2.45) is 5.92 Å². The number of carboxylic acid groups (broad SMARTS) is 1. The molecule has 3 fully saturated rings. The highest BCUT2D eigenvalue weighted by Gasteiger charge is 2.44. The van der Waals surface area contributed by atoms with E-state index < -0.39 is 11.8 Å². The lowest BCUT2D eigenvalue weighted by Crippen LogP contribution is -2.43.